The summed E-state index contributed by atoms with van der Waals surface area (Å²) in [5.41, 5.74) is 7.59. The number of nitrogens with two attached hydrogens (primary N) is 1. The summed E-state index contributed by atoms with van der Waals surface area (Å²) in [5, 5.41) is 11.0. The van der Waals surface area contributed by atoms with Gasteiger partial charge in [0.1, 0.15) is 6.54 Å². The molecule has 1 aromatic carbocycles. The molecule has 0 bridgehead atoms. The van der Waals surface area contributed by atoms with Gasteiger partial charge < -0.3 is 11.1 Å². The third-order valence-electron chi connectivity index (χ3n) is 2.64. The van der Waals surface area contributed by atoms with Crippen LogP contribution in [0.15, 0.2) is 24.4 Å². The average Bonchev–Trinajstić information content (AvgIpc) is 2.82. The van der Waals surface area contributed by atoms with Crippen LogP contribution in [0.4, 0.5) is 5.69 Å². The summed E-state index contributed by atoms with van der Waals surface area (Å²) in [5.74, 6) is -0.196. The topological polar surface area (TPSA) is 85.8 Å². The van der Waals surface area contributed by atoms with Crippen molar-refractivity contribution in [1.29, 1.82) is 0 Å². The van der Waals surface area contributed by atoms with Crippen molar-refractivity contribution in [3.63, 3.8) is 0 Å². The Bertz CT molecular complexity index is 596. The zero-order chi connectivity index (χ0) is 13.8. The number of nitrogens with zero attached hydrogens (tertiary/aromatic N) is 3. The maximum atomic E-state index is 11.9. The maximum Gasteiger partial charge on any atom is 0.246 e. The zero-order valence-electron chi connectivity index (χ0n) is 10.4. The molecule has 0 aliphatic rings. The molecule has 0 unspecified atom stereocenters. The number of halogens is 1. The number of anilines is 1. The lowest BCUT2D eigenvalue weighted by Gasteiger charge is -2.09. The van der Waals surface area contributed by atoms with Crippen LogP contribution < -0.4 is 11.1 Å². The van der Waals surface area contributed by atoms with Crippen LogP contribution in [-0.2, 0) is 17.9 Å². The fraction of sp³-hybridized carbons (Fsp3) is 0.250. The zero-order valence-corrected chi connectivity index (χ0v) is 11.2. The molecule has 0 spiro atoms. The van der Waals surface area contributed by atoms with Gasteiger partial charge in [0, 0.05) is 17.3 Å². The first-order valence-corrected chi connectivity index (χ1v) is 6.12. The Morgan fingerprint density at radius 3 is 3.00 bits per heavy atom. The fourth-order valence-corrected chi connectivity index (χ4v) is 1.76. The Morgan fingerprint density at radius 2 is 2.32 bits per heavy atom. The van der Waals surface area contributed by atoms with Gasteiger partial charge in [0.2, 0.25) is 5.91 Å². The summed E-state index contributed by atoms with van der Waals surface area (Å²) in [6, 6.07) is 5.36. The largest absolute Gasteiger partial charge is 0.325 e. The van der Waals surface area contributed by atoms with Gasteiger partial charge in [0.15, 0.2) is 0 Å². The lowest BCUT2D eigenvalue weighted by Crippen LogP contribution is -2.19. The van der Waals surface area contributed by atoms with E-state index in [1.807, 2.05) is 6.92 Å². The molecule has 1 amide bonds. The third-order valence-corrected chi connectivity index (χ3v) is 3.05. The van der Waals surface area contributed by atoms with E-state index in [0.717, 1.165) is 5.56 Å². The Balaban J connectivity index is 2.03. The van der Waals surface area contributed by atoms with E-state index in [0.29, 0.717) is 22.9 Å². The molecular formula is C12H14ClN5O. The number of carbonyl (C=O) groups excluding carboxylic acids is 1. The summed E-state index contributed by atoms with van der Waals surface area (Å²) in [6.07, 6.45) is 1.64. The van der Waals surface area contributed by atoms with Crippen molar-refractivity contribution in [1.82, 2.24) is 15.0 Å². The number of carbonyl (C=O) groups is 1. The smallest absolute Gasteiger partial charge is 0.246 e. The highest BCUT2D eigenvalue weighted by Crippen LogP contribution is 2.22. The fourth-order valence-electron chi connectivity index (χ4n) is 1.59. The first-order valence-electron chi connectivity index (χ1n) is 5.74. The number of hydrogen-bond donors (Lipinski definition) is 2. The van der Waals surface area contributed by atoms with Gasteiger partial charge in [-0.05, 0) is 24.6 Å². The molecule has 0 radical (unpaired) electrons. The van der Waals surface area contributed by atoms with E-state index >= 15 is 0 Å². The molecule has 0 aliphatic heterocycles. The van der Waals surface area contributed by atoms with Gasteiger partial charge in [-0.15, -0.1) is 5.10 Å². The van der Waals surface area contributed by atoms with E-state index < -0.39 is 0 Å². The third kappa shape index (κ3) is 3.30. The first-order chi connectivity index (χ1) is 9.10. The lowest BCUT2D eigenvalue weighted by molar-refractivity contribution is -0.116. The molecular weight excluding hydrogens is 266 g/mol. The van der Waals surface area contributed by atoms with E-state index in [4.69, 9.17) is 17.3 Å². The molecule has 3 N–H and O–H groups in total. The first kappa shape index (κ1) is 13.5. The highest BCUT2D eigenvalue weighted by Gasteiger charge is 2.08. The molecule has 2 aromatic rings. The van der Waals surface area contributed by atoms with Gasteiger partial charge >= 0.3 is 0 Å². The monoisotopic (exact) mass is 279 g/mol. The number of aromatic nitrogens is 3. The molecule has 100 valence electrons. The molecule has 0 saturated carbocycles. The van der Waals surface area contributed by atoms with Crippen LogP contribution in [0.1, 0.15) is 11.3 Å². The molecule has 1 aromatic heterocycles. The number of nitrogens with one attached hydrogen (secondary N) is 1. The second-order valence-corrected chi connectivity index (χ2v) is 4.48. The van der Waals surface area contributed by atoms with Crippen molar-refractivity contribution >= 4 is 23.2 Å². The van der Waals surface area contributed by atoms with E-state index in [-0.39, 0.29) is 12.5 Å². The van der Waals surface area contributed by atoms with Crippen molar-refractivity contribution in [2.24, 2.45) is 5.73 Å². The summed E-state index contributed by atoms with van der Waals surface area (Å²) in [4.78, 5) is 11.9. The molecule has 2 rings (SSSR count). The van der Waals surface area contributed by atoms with Crippen LogP contribution in [0.3, 0.4) is 0 Å². The van der Waals surface area contributed by atoms with Crippen LogP contribution >= 0.6 is 11.6 Å². The molecule has 0 saturated heterocycles. The van der Waals surface area contributed by atoms with Crippen LogP contribution in [-0.4, -0.2) is 20.9 Å². The normalized spacial score (nSPS) is 10.5. The van der Waals surface area contributed by atoms with E-state index in [1.54, 1.807) is 24.4 Å². The van der Waals surface area contributed by atoms with Gasteiger partial charge in [-0.2, -0.15) is 0 Å². The average molecular weight is 280 g/mol. The van der Waals surface area contributed by atoms with Crippen molar-refractivity contribution in [3.8, 4) is 0 Å². The van der Waals surface area contributed by atoms with Gasteiger partial charge in [-0.1, -0.05) is 22.9 Å². The minimum absolute atomic E-state index is 0.0823. The van der Waals surface area contributed by atoms with Gasteiger partial charge in [-0.3, -0.25) is 4.79 Å². The Labute approximate surface area is 115 Å². The highest BCUT2D eigenvalue weighted by atomic mass is 35.5. The van der Waals surface area contributed by atoms with E-state index in [1.165, 1.54) is 4.68 Å². The minimum atomic E-state index is -0.196. The van der Waals surface area contributed by atoms with Gasteiger partial charge in [0.05, 0.1) is 11.9 Å². The van der Waals surface area contributed by atoms with Crippen molar-refractivity contribution in [2.75, 3.05) is 5.32 Å². The van der Waals surface area contributed by atoms with Crippen molar-refractivity contribution in [3.05, 3.63) is 40.7 Å². The molecule has 7 heteroatoms. The molecule has 1 heterocycles. The summed E-state index contributed by atoms with van der Waals surface area (Å²) >= 11 is 5.99. The SMILES string of the molecule is Cc1c(Cl)cccc1NC(=O)Cn1cc(CN)nn1. The maximum absolute atomic E-state index is 11.9. The van der Waals surface area contributed by atoms with Crippen LogP contribution in [0.2, 0.25) is 5.02 Å². The molecule has 6 nitrogen and oxygen atoms in total. The van der Waals surface area contributed by atoms with Crippen LogP contribution in [0, 0.1) is 6.92 Å². The predicted octanol–water partition coefficient (Wildman–Crippen LogP) is 1.34. The number of amides is 1. The molecule has 0 aliphatic carbocycles. The van der Waals surface area contributed by atoms with Gasteiger partial charge in [0.25, 0.3) is 0 Å². The van der Waals surface area contributed by atoms with Crippen molar-refractivity contribution < 1.29 is 4.79 Å². The van der Waals surface area contributed by atoms with Gasteiger partial charge in [-0.25, -0.2) is 4.68 Å². The second-order valence-electron chi connectivity index (χ2n) is 4.07. The molecule has 19 heavy (non-hydrogen) atoms. The molecule has 0 atom stereocenters. The standard InChI is InChI=1S/C12H14ClN5O/c1-8-10(13)3-2-4-11(8)15-12(19)7-18-6-9(5-14)16-17-18/h2-4,6H,5,7,14H2,1H3,(H,15,19). The number of rotatable bonds is 4. The lowest BCUT2D eigenvalue weighted by atomic mass is 10.2. The van der Waals surface area contributed by atoms with Crippen molar-refractivity contribution in [2.45, 2.75) is 20.0 Å². The summed E-state index contributed by atoms with van der Waals surface area (Å²) in [7, 11) is 0. The summed E-state index contributed by atoms with van der Waals surface area (Å²) < 4.78 is 1.44. The Hall–Kier alpha value is -1.92. The highest BCUT2D eigenvalue weighted by molar-refractivity contribution is 6.31. The Morgan fingerprint density at radius 1 is 1.53 bits per heavy atom. The number of hydrogen-bond acceptors (Lipinski definition) is 4. The van der Waals surface area contributed by atoms with Crippen LogP contribution in [0.5, 0.6) is 0 Å². The Kier molecular flexibility index (Phi) is 4.13. The second kappa shape index (κ2) is 5.81. The number of benzene rings is 1. The van der Waals surface area contributed by atoms with Crippen LogP contribution in [0.25, 0.3) is 0 Å². The van der Waals surface area contributed by atoms with E-state index in [2.05, 4.69) is 15.6 Å². The predicted molar refractivity (Wildman–Crippen MR) is 72.7 cm³/mol. The quantitative estimate of drug-likeness (QED) is 0.884. The summed E-state index contributed by atoms with van der Waals surface area (Å²) in [6.45, 7) is 2.23. The molecule has 0 fully saturated rings. The van der Waals surface area contributed by atoms with E-state index in [9.17, 15) is 4.79 Å². The minimum Gasteiger partial charge on any atom is -0.325 e.